The van der Waals surface area contributed by atoms with E-state index >= 15 is 4.79 Å². The number of nitrogens with one attached hydrogen (secondary N) is 1. The van der Waals surface area contributed by atoms with Gasteiger partial charge in [-0.2, -0.15) is 0 Å². The van der Waals surface area contributed by atoms with Crippen LogP contribution in [-0.4, -0.2) is 70.3 Å². The lowest BCUT2D eigenvalue weighted by Gasteiger charge is -2.50. The summed E-state index contributed by atoms with van der Waals surface area (Å²) in [6, 6.07) is 21.4. The number of urea groups is 1. The molecule has 7 nitrogen and oxygen atoms in total. The fraction of sp³-hybridized carbons (Fsp3) is 0.543. The molecule has 3 heterocycles. The maximum absolute atomic E-state index is 15.2. The summed E-state index contributed by atoms with van der Waals surface area (Å²) in [6.07, 6.45) is 8.50. The average molecular weight is 572 g/mol. The molecule has 226 valence electrons. The summed E-state index contributed by atoms with van der Waals surface area (Å²) >= 11 is 0. The summed E-state index contributed by atoms with van der Waals surface area (Å²) in [7, 11) is 0. The maximum atomic E-state index is 15.2. The van der Waals surface area contributed by atoms with Crippen LogP contribution in [0.25, 0.3) is 11.3 Å². The van der Waals surface area contributed by atoms with Crippen molar-refractivity contribution in [2.75, 3.05) is 39.3 Å². The molecule has 0 bridgehead atoms. The predicted molar refractivity (Wildman–Crippen MR) is 171 cm³/mol. The van der Waals surface area contributed by atoms with Crippen LogP contribution < -0.4 is 11.1 Å². The second-order valence-corrected chi connectivity index (χ2v) is 13.4. The number of likely N-dealkylation sites (tertiary alicyclic amines) is 1. The maximum Gasteiger partial charge on any atom is 0.420 e. The van der Waals surface area contributed by atoms with Gasteiger partial charge in [-0.05, 0) is 43.2 Å². The van der Waals surface area contributed by atoms with Crippen molar-refractivity contribution in [3.8, 4) is 11.3 Å². The number of amides is 2. The number of hydrogen-bond acceptors (Lipinski definition) is 4. The molecule has 0 unspecified atom stereocenters. The number of carbonyl (C=O) groups excluding carboxylic acids is 1. The third-order valence-electron chi connectivity index (χ3n) is 9.30. The third-order valence-corrected chi connectivity index (χ3v) is 9.30. The Bertz CT molecular complexity index is 1270. The van der Waals surface area contributed by atoms with Crippen molar-refractivity contribution in [2.45, 2.75) is 77.9 Å². The van der Waals surface area contributed by atoms with E-state index in [9.17, 15) is 0 Å². The largest absolute Gasteiger partial charge is 0.420 e. The number of aromatic nitrogens is 2. The van der Waals surface area contributed by atoms with E-state index in [1.165, 1.54) is 12.0 Å². The minimum Gasteiger partial charge on any atom is -0.330 e. The van der Waals surface area contributed by atoms with Gasteiger partial charge < -0.3 is 15.6 Å². The van der Waals surface area contributed by atoms with Gasteiger partial charge in [0.25, 0.3) is 0 Å². The number of carbonyl (C=O) groups is 1. The van der Waals surface area contributed by atoms with Gasteiger partial charge in [0.2, 0.25) is 0 Å². The standard InChI is InChI=1S/C35H51N6O/c1-35(2,3)32(33-38-31(29-16-9-5-10-17-29)27-39(33)26-28-14-7-4-8-15-28)40(23-13-20-36)34(42)41(24-11-6-12-25-41)30-18-21-37-22-19-30/h4-5,7-10,14-17,27,30,32,37H,6,11-13,18-26,36H2,1-3H3/q+1/t32-/m0/s1. The number of piperidine rings is 2. The lowest BCUT2D eigenvalue weighted by Crippen LogP contribution is -2.68. The first-order valence-corrected chi connectivity index (χ1v) is 16.1. The zero-order valence-electron chi connectivity index (χ0n) is 26.0. The van der Waals surface area contributed by atoms with Crippen LogP contribution in [0.4, 0.5) is 4.79 Å². The summed E-state index contributed by atoms with van der Waals surface area (Å²) in [4.78, 5) is 22.8. The lowest BCUT2D eigenvalue weighted by molar-refractivity contribution is -0.885. The molecule has 2 amide bonds. The Kier molecular flexibility index (Phi) is 9.81. The first-order valence-electron chi connectivity index (χ1n) is 16.1. The van der Waals surface area contributed by atoms with Crippen LogP contribution in [0.5, 0.6) is 0 Å². The number of quaternary nitrogens is 1. The number of nitrogens with zero attached hydrogens (tertiary/aromatic N) is 4. The number of imidazole rings is 1. The minimum absolute atomic E-state index is 0.198. The minimum atomic E-state index is -0.244. The van der Waals surface area contributed by atoms with Gasteiger partial charge in [0.05, 0.1) is 24.8 Å². The van der Waals surface area contributed by atoms with Crippen LogP contribution in [0.3, 0.4) is 0 Å². The molecule has 42 heavy (non-hydrogen) atoms. The van der Waals surface area contributed by atoms with E-state index in [-0.39, 0.29) is 17.5 Å². The van der Waals surface area contributed by atoms with E-state index in [1.54, 1.807) is 0 Å². The molecule has 3 aromatic rings. The van der Waals surface area contributed by atoms with Gasteiger partial charge in [0.15, 0.2) is 0 Å². The second kappa shape index (κ2) is 13.5. The van der Waals surface area contributed by atoms with Gasteiger partial charge in [-0.3, -0.25) is 4.90 Å². The molecule has 2 saturated heterocycles. The zero-order chi connectivity index (χ0) is 29.6. The Morgan fingerprint density at radius 2 is 1.67 bits per heavy atom. The van der Waals surface area contributed by atoms with Gasteiger partial charge in [-0.1, -0.05) is 81.4 Å². The Hall–Kier alpha value is -3.00. The smallest absolute Gasteiger partial charge is 0.330 e. The molecule has 3 N–H and O–H groups in total. The Morgan fingerprint density at radius 3 is 2.29 bits per heavy atom. The highest BCUT2D eigenvalue weighted by Crippen LogP contribution is 2.42. The van der Waals surface area contributed by atoms with Gasteiger partial charge in [-0.25, -0.2) is 14.3 Å². The van der Waals surface area contributed by atoms with Gasteiger partial charge in [0.1, 0.15) is 11.9 Å². The first-order chi connectivity index (χ1) is 20.3. The zero-order valence-corrected chi connectivity index (χ0v) is 26.0. The molecule has 7 heteroatoms. The number of rotatable bonds is 9. The van der Waals surface area contributed by atoms with E-state index in [4.69, 9.17) is 10.7 Å². The molecule has 0 spiro atoms. The molecular weight excluding hydrogens is 520 g/mol. The Balaban J connectivity index is 1.63. The molecule has 0 saturated carbocycles. The summed E-state index contributed by atoms with van der Waals surface area (Å²) in [5.74, 6) is 0.955. The number of benzene rings is 2. The average Bonchev–Trinajstić information content (AvgIpc) is 3.42. The lowest BCUT2D eigenvalue weighted by atomic mass is 9.84. The van der Waals surface area contributed by atoms with Crippen molar-refractivity contribution in [3.63, 3.8) is 0 Å². The molecule has 1 aromatic heterocycles. The van der Waals surface area contributed by atoms with Crippen molar-refractivity contribution in [1.82, 2.24) is 19.8 Å². The molecule has 2 fully saturated rings. The predicted octanol–water partition coefficient (Wildman–Crippen LogP) is 6.21. The summed E-state index contributed by atoms with van der Waals surface area (Å²) in [6.45, 7) is 12.5. The summed E-state index contributed by atoms with van der Waals surface area (Å²) < 4.78 is 2.88. The van der Waals surface area contributed by atoms with Crippen LogP contribution in [-0.2, 0) is 6.54 Å². The second-order valence-electron chi connectivity index (χ2n) is 13.4. The highest BCUT2D eigenvalue weighted by molar-refractivity contribution is 5.69. The molecule has 2 aliphatic rings. The molecular formula is C35H51N6O+. The molecule has 1 atom stereocenters. The van der Waals surface area contributed by atoms with Gasteiger partial charge in [0, 0.05) is 50.8 Å². The first kappa shape index (κ1) is 30.5. The molecule has 2 aliphatic heterocycles. The fourth-order valence-electron chi connectivity index (χ4n) is 7.24. The van der Waals surface area contributed by atoms with E-state index < -0.39 is 0 Å². The van der Waals surface area contributed by atoms with Crippen molar-refractivity contribution in [1.29, 1.82) is 0 Å². The highest BCUT2D eigenvalue weighted by Gasteiger charge is 2.51. The van der Waals surface area contributed by atoms with E-state index in [0.29, 0.717) is 30.2 Å². The Labute approximate surface area is 252 Å². The number of hydrogen-bond donors (Lipinski definition) is 2. The Morgan fingerprint density at radius 1 is 1.02 bits per heavy atom. The fourth-order valence-corrected chi connectivity index (χ4v) is 7.24. The van der Waals surface area contributed by atoms with Gasteiger partial charge in [-0.15, -0.1) is 0 Å². The van der Waals surface area contributed by atoms with Crippen molar-refractivity contribution >= 4 is 6.03 Å². The van der Waals surface area contributed by atoms with Crippen LogP contribution >= 0.6 is 0 Å². The van der Waals surface area contributed by atoms with Crippen molar-refractivity contribution in [3.05, 3.63) is 78.2 Å². The third kappa shape index (κ3) is 6.64. The van der Waals surface area contributed by atoms with Gasteiger partial charge >= 0.3 is 6.03 Å². The highest BCUT2D eigenvalue weighted by atomic mass is 16.2. The quantitative estimate of drug-likeness (QED) is 0.300. The molecule has 0 aliphatic carbocycles. The van der Waals surface area contributed by atoms with Crippen LogP contribution in [0.2, 0.25) is 0 Å². The number of nitrogens with two attached hydrogens (primary N) is 1. The van der Waals surface area contributed by atoms with Crippen LogP contribution in [0.15, 0.2) is 66.9 Å². The molecule has 2 aromatic carbocycles. The van der Waals surface area contributed by atoms with Crippen LogP contribution in [0, 0.1) is 5.41 Å². The normalized spacial score (nSPS) is 18.5. The monoisotopic (exact) mass is 571 g/mol. The van der Waals surface area contributed by atoms with E-state index in [0.717, 1.165) is 75.4 Å². The topological polar surface area (TPSA) is 76.2 Å². The van der Waals surface area contributed by atoms with E-state index in [2.05, 4.69) is 96.3 Å². The van der Waals surface area contributed by atoms with Crippen molar-refractivity contribution < 1.29 is 9.28 Å². The molecule has 0 radical (unpaired) electrons. The van der Waals surface area contributed by atoms with Crippen LogP contribution in [0.1, 0.15) is 76.7 Å². The van der Waals surface area contributed by atoms with E-state index in [1.807, 2.05) is 6.07 Å². The summed E-state index contributed by atoms with van der Waals surface area (Å²) in [5, 5.41) is 3.53. The SMILES string of the molecule is CC(C)(C)[C@H](c1nc(-c2ccccc2)cn1Cc1ccccc1)N(CCCN)C(=O)[N+]1(C2CCNCC2)CCCCC1. The van der Waals surface area contributed by atoms with Crippen molar-refractivity contribution in [2.24, 2.45) is 11.1 Å². The summed E-state index contributed by atoms with van der Waals surface area (Å²) in [5.41, 5.74) is 9.13. The molecule has 5 rings (SSSR count).